The minimum absolute atomic E-state index is 0.0319. The van der Waals surface area contributed by atoms with Crippen molar-refractivity contribution in [3.8, 4) is 11.5 Å². The molecule has 0 fully saturated rings. The molecule has 7 heteroatoms. The van der Waals surface area contributed by atoms with Crippen molar-refractivity contribution in [3.63, 3.8) is 0 Å². The van der Waals surface area contributed by atoms with Crippen LogP contribution in [-0.2, 0) is 11.2 Å². The summed E-state index contributed by atoms with van der Waals surface area (Å²) in [5.41, 5.74) is 1.75. The maximum Gasteiger partial charge on any atom is 0.233 e. The molecule has 1 aromatic heterocycles. The topological polar surface area (TPSA) is 56.1 Å². The number of quaternary nitrogens is 1. The van der Waals surface area contributed by atoms with Gasteiger partial charge in [0.15, 0.2) is 5.13 Å². The van der Waals surface area contributed by atoms with Crippen LogP contribution in [0.25, 0.3) is 10.2 Å². The fraction of sp³-hybridized carbons (Fsp3) is 0.333. The van der Waals surface area contributed by atoms with E-state index in [1.807, 2.05) is 42.5 Å². The van der Waals surface area contributed by atoms with Crippen LogP contribution in [0.4, 0.5) is 5.13 Å². The highest BCUT2D eigenvalue weighted by Crippen LogP contribution is 2.34. The number of anilines is 1. The van der Waals surface area contributed by atoms with Crippen LogP contribution in [0.2, 0.25) is 0 Å². The fourth-order valence-corrected chi connectivity index (χ4v) is 3.89. The molecule has 0 saturated carbocycles. The lowest BCUT2D eigenvalue weighted by Gasteiger charge is -2.20. The Labute approximate surface area is 169 Å². The van der Waals surface area contributed by atoms with E-state index in [1.165, 1.54) is 16.2 Å². The summed E-state index contributed by atoms with van der Waals surface area (Å²) < 4.78 is 11.6. The molecule has 0 atom stereocenters. The van der Waals surface area contributed by atoms with E-state index in [9.17, 15) is 4.79 Å². The number of amides is 1. The first-order valence-corrected chi connectivity index (χ1v) is 9.99. The number of benzene rings is 2. The molecule has 1 amide bonds. The molecule has 0 unspecified atom stereocenters. The monoisotopic (exact) mass is 400 g/mol. The molecule has 6 nitrogen and oxygen atoms in total. The number of nitrogens with one attached hydrogen (secondary N) is 1. The number of hydrogen-bond donors (Lipinski definition) is 1. The van der Waals surface area contributed by atoms with Crippen LogP contribution in [0.3, 0.4) is 0 Å². The molecule has 0 aliphatic rings. The van der Waals surface area contributed by atoms with Gasteiger partial charge < -0.3 is 14.4 Å². The zero-order chi connectivity index (χ0) is 20.1. The van der Waals surface area contributed by atoms with Crippen molar-refractivity contribution in [3.05, 3.63) is 48.0 Å². The van der Waals surface area contributed by atoms with E-state index in [1.54, 1.807) is 19.1 Å². The average Bonchev–Trinajstić information content (AvgIpc) is 3.12. The Morgan fingerprint density at radius 1 is 1.11 bits per heavy atom. The quantitative estimate of drug-likeness (QED) is 0.629. The van der Waals surface area contributed by atoms with Crippen LogP contribution in [0, 0.1) is 0 Å². The van der Waals surface area contributed by atoms with Crippen LogP contribution in [0.5, 0.6) is 11.5 Å². The molecule has 3 aromatic rings. The minimum Gasteiger partial charge on any atom is -0.497 e. The molecule has 1 N–H and O–H groups in total. The van der Waals surface area contributed by atoms with Gasteiger partial charge in [0.25, 0.3) is 0 Å². The smallest absolute Gasteiger partial charge is 0.233 e. The van der Waals surface area contributed by atoms with E-state index in [0.717, 1.165) is 33.8 Å². The molecule has 0 bridgehead atoms. The summed E-state index contributed by atoms with van der Waals surface area (Å²) in [4.78, 5) is 20.9. The second-order valence-corrected chi connectivity index (χ2v) is 7.84. The van der Waals surface area contributed by atoms with E-state index in [2.05, 4.69) is 14.1 Å². The van der Waals surface area contributed by atoms with Crippen LogP contribution in [0.15, 0.2) is 42.5 Å². The molecule has 28 heavy (non-hydrogen) atoms. The summed E-state index contributed by atoms with van der Waals surface area (Å²) in [5, 5.41) is 0.708. The van der Waals surface area contributed by atoms with Crippen molar-refractivity contribution in [2.45, 2.75) is 6.42 Å². The Hall–Kier alpha value is -2.64. The lowest BCUT2D eigenvalue weighted by molar-refractivity contribution is -0.856. The van der Waals surface area contributed by atoms with Crippen molar-refractivity contribution in [2.75, 3.05) is 46.3 Å². The molecule has 0 aliphatic carbocycles. The third kappa shape index (κ3) is 4.61. The number of rotatable bonds is 8. The van der Waals surface area contributed by atoms with E-state index in [-0.39, 0.29) is 5.91 Å². The van der Waals surface area contributed by atoms with Gasteiger partial charge in [-0.3, -0.25) is 9.69 Å². The predicted molar refractivity (Wildman–Crippen MR) is 113 cm³/mol. The first kappa shape index (κ1) is 20.1. The Morgan fingerprint density at radius 3 is 2.50 bits per heavy atom. The van der Waals surface area contributed by atoms with Gasteiger partial charge in [-0.25, -0.2) is 4.98 Å². The number of para-hydroxylation sites is 1. The minimum atomic E-state index is 0.0319. The molecule has 0 saturated heterocycles. The maximum atomic E-state index is 13.1. The maximum absolute atomic E-state index is 13.1. The summed E-state index contributed by atoms with van der Waals surface area (Å²) in [6.45, 7) is 1.45. The summed E-state index contributed by atoms with van der Waals surface area (Å²) >= 11 is 1.52. The zero-order valence-corrected chi connectivity index (χ0v) is 17.5. The number of carbonyl (C=O) groups is 1. The summed E-state index contributed by atoms with van der Waals surface area (Å²) in [7, 11) is 7.42. The predicted octanol–water partition coefficient (Wildman–Crippen LogP) is 2.03. The van der Waals surface area contributed by atoms with Crippen molar-refractivity contribution in [2.24, 2.45) is 0 Å². The molecular weight excluding hydrogens is 374 g/mol. The van der Waals surface area contributed by atoms with Gasteiger partial charge in [0.05, 0.1) is 52.5 Å². The Morgan fingerprint density at radius 2 is 1.86 bits per heavy atom. The fourth-order valence-electron chi connectivity index (χ4n) is 2.87. The van der Waals surface area contributed by atoms with Gasteiger partial charge in [-0.2, -0.15) is 0 Å². The van der Waals surface area contributed by atoms with Crippen molar-refractivity contribution in [1.82, 2.24) is 4.98 Å². The highest BCUT2D eigenvalue weighted by Gasteiger charge is 2.22. The number of nitrogens with zero attached hydrogens (tertiary/aromatic N) is 2. The summed E-state index contributed by atoms with van der Waals surface area (Å²) in [5.74, 6) is 1.53. The normalized spacial score (nSPS) is 11.0. The van der Waals surface area contributed by atoms with Crippen LogP contribution < -0.4 is 19.3 Å². The molecule has 0 spiro atoms. The van der Waals surface area contributed by atoms with Gasteiger partial charge in [-0.1, -0.05) is 29.5 Å². The first-order valence-electron chi connectivity index (χ1n) is 9.17. The molecule has 1 heterocycles. The molecule has 3 rings (SSSR count). The van der Waals surface area contributed by atoms with Crippen LogP contribution in [0.1, 0.15) is 5.56 Å². The third-order valence-electron chi connectivity index (χ3n) is 4.47. The van der Waals surface area contributed by atoms with Gasteiger partial charge in [-0.05, 0) is 29.8 Å². The highest BCUT2D eigenvalue weighted by molar-refractivity contribution is 7.22. The zero-order valence-electron chi connectivity index (χ0n) is 16.7. The third-order valence-corrected chi connectivity index (χ3v) is 5.52. The lowest BCUT2D eigenvalue weighted by Crippen LogP contribution is -3.06. The largest absolute Gasteiger partial charge is 0.497 e. The number of fused-ring (bicyclic) bond motifs is 1. The van der Waals surface area contributed by atoms with Gasteiger partial charge in [-0.15, -0.1) is 0 Å². The standard InChI is InChI=1S/C21H25N3O3S/c1-23(2)12-13-24(19(25)14-15-8-10-16(26-3)11-9-15)21-22-20-17(27-4)6-5-7-18(20)28-21/h5-11H,12-14H2,1-4H3/p+1. The number of thiazole rings is 1. The van der Waals surface area contributed by atoms with E-state index < -0.39 is 0 Å². The van der Waals surface area contributed by atoms with Crippen molar-refractivity contribution < 1.29 is 19.2 Å². The number of methoxy groups -OCH3 is 2. The molecular formula is C21H26N3O3S+. The number of likely N-dealkylation sites (N-methyl/N-ethyl adjacent to an activating group) is 1. The second kappa shape index (κ2) is 9.03. The van der Waals surface area contributed by atoms with Crippen LogP contribution in [-0.4, -0.2) is 52.3 Å². The van der Waals surface area contributed by atoms with Crippen LogP contribution >= 0.6 is 11.3 Å². The Bertz CT molecular complexity index is 938. The van der Waals surface area contributed by atoms with Gasteiger partial charge in [0, 0.05) is 0 Å². The summed E-state index contributed by atoms with van der Waals surface area (Å²) in [6, 6.07) is 13.4. The molecule has 0 radical (unpaired) electrons. The molecule has 0 aliphatic heterocycles. The number of carbonyl (C=O) groups excluding carboxylic acids is 1. The first-order chi connectivity index (χ1) is 13.5. The number of aromatic nitrogens is 1. The Balaban J connectivity index is 1.88. The van der Waals surface area contributed by atoms with E-state index >= 15 is 0 Å². The molecule has 2 aromatic carbocycles. The summed E-state index contributed by atoms with van der Waals surface area (Å²) in [6.07, 6.45) is 0.319. The van der Waals surface area contributed by atoms with Crippen molar-refractivity contribution in [1.29, 1.82) is 0 Å². The lowest BCUT2D eigenvalue weighted by atomic mass is 10.1. The van der Waals surface area contributed by atoms with E-state index in [4.69, 9.17) is 14.5 Å². The highest BCUT2D eigenvalue weighted by atomic mass is 32.1. The van der Waals surface area contributed by atoms with E-state index in [0.29, 0.717) is 18.1 Å². The Kier molecular flexibility index (Phi) is 6.49. The van der Waals surface area contributed by atoms with Crippen molar-refractivity contribution >= 4 is 32.6 Å². The number of ether oxygens (including phenoxy) is 2. The van der Waals surface area contributed by atoms with Gasteiger partial charge >= 0.3 is 0 Å². The average molecular weight is 401 g/mol. The molecule has 148 valence electrons. The van der Waals surface area contributed by atoms with Gasteiger partial charge in [0.1, 0.15) is 17.0 Å². The van der Waals surface area contributed by atoms with Gasteiger partial charge in [0.2, 0.25) is 5.91 Å². The second-order valence-electron chi connectivity index (χ2n) is 6.83. The SMILES string of the molecule is COc1ccc(CC(=O)N(CC[NH+](C)C)c2nc3c(OC)cccc3s2)cc1. The number of hydrogen-bond acceptors (Lipinski definition) is 5.